The molecular formula is C32H54N4O5S. The van der Waals surface area contributed by atoms with Crippen molar-refractivity contribution in [3.63, 3.8) is 0 Å². The Hall–Kier alpha value is -2.30. The smallest absolute Gasteiger partial charge is 0.327 e. The number of rotatable bonds is 16. The van der Waals surface area contributed by atoms with E-state index in [9.17, 15) is 24.6 Å². The molecule has 3 rings (SSSR count). The first-order chi connectivity index (χ1) is 19.9. The van der Waals surface area contributed by atoms with Crippen molar-refractivity contribution >= 4 is 29.5 Å². The Morgan fingerprint density at radius 1 is 0.976 bits per heavy atom. The number of hydrogen-bond donors (Lipinski definition) is 3. The number of benzene rings is 1. The molecule has 2 aliphatic rings. The summed E-state index contributed by atoms with van der Waals surface area (Å²) in [5, 5.41) is 22.7. The van der Waals surface area contributed by atoms with Crippen LogP contribution in [0.5, 0.6) is 5.75 Å². The van der Waals surface area contributed by atoms with Crippen LogP contribution < -0.4 is 16.2 Å². The second kappa shape index (κ2) is 16.5. The lowest BCUT2D eigenvalue weighted by Crippen LogP contribution is -2.71. The van der Waals surface area contributed by atoms with E-state index in [-0.39, 0.29) is 5.75 Å². The third kappa shape index (κ3) is 9.10. The molecule has 238 valence electrons. The average Bonchev–Trinajstić information content (AvgIpc) is 3.23. The Morgan fingerprint density at radius 3 is 1.83 bits per heavy atom. The molecule has 0 saturated carbocycles. The zero-order valence-corrected chi connectivity index (χ0v) is 27.4. The number of nitrogens with zero attached hydrogens (tertiary/aromatic N) is 2. The van der Waals surface area contributed by atoms with Gasteiger partial charge in [0.05, 0.1) is 26.2 Å². The highest BCUT2D eigenvalue weighted by molar-refractivity contribution is 8.01. The Balaban J connectivity index is 0.000000319. The summed E-state index contributed by atoms with van der Waals surface area (Å²) >= 11 is 1.34. The summed E-state index contributed by atoms with van der Waals surface area (Å²) in [6.45, 7) is 18.5. The molecule has 0 aromatic heterocycles. The molecule has 2 saturated heterocycles. The highest BCUT2D eigenvalue weighted by atomic mass is 32.2. The normalized spacial score (nSPS) is 21.5. The van der Waals surface area contributed by atoms with Crippen molar-refractivity contribution in [2.24, 2.45) is 5.73 Å². The standard InChI is InChI=1S/C16H19N3O5S.C16H36N/c1-16(2)11(15(23)24)19-13(22)10(14(19)25-16)18-12(21)9(17)7-3-5-8(20)6-4-7;1-5-9-13-17(14-10-6-2,15-11-7-3)16-12-8-4/h3-6,9-11,14,20H,17H2,1-2H3,(H,18,21)(H,23,24);5-16H2,1-4H3/q;+1/p-1/t9?,10-,11+,14-;/m1./s1. The van der Waals surface area contributed by atoms with Gasteiger partial charge in [0.15, 0.2) is 0 Å². The lowest BCUT2D eigenvalue weighted by atomic mass is 9.95. The van der Waals surface area contributed by atoms with E-state index >= 15 is 0 Å². The minimum Gasteiger partial charge on any atom is -0.872 e. The van der Waals surface area contributed by atoms with Crippen LogP contribution >= 0.6 is 11.8 Å². The molecule has 2 heterocycles. The number of β-lactam (4-membered cyclic amide) rings is 1. The van der Waals surface area contributed by atoms with E-state index < -0.39 is 46.0 Å². The summed E-state index contributed by atoms with van der Waals surface area (Å²) in [5.74, 6) is -2.22. The number of amides is 2. The molecule has 1 aromatic carbocycles. The molecule has 42 heavy (non-hydrogen) atoms. The average molecular weight is 607 g/mol. The van der Waals surface area contributed by atoms with E-state index in [0.29, 0.717) is 5.56 Å². The highest BCUT2D eigenvalue weighted by Gasteiger charge is 2.64. The number of carbonyl (C=O) groups excluding carboxylic acids is 2. The van der Waals surface area contributed by atoms with Gasteiger partial charge in [-0.15, -0.1) is 17.5 Å². The predicted molar refractivity (Wildman–Crippen MR) is 168 cm³/mol. The fourth-order valence-electron chi connectivity index (χ4n) is 5.86. The number of nitrogens with two attached hydrogens (primary N) is 1. The summed E-state index contributed by atoms with van der Waals surface area (Å²) < 4.78 is 0.765. The number of fused-ring (bicyclic) bond motifs is 1. The fraction of sp³-hybridized carbons (Fsp3) is 0.719. The highest BCUT2D eigenvalue weighted by Crippen LogP contribution is 2.50. The second-order valence-corrected chi connectivity index (χ2v) is 14.1. The number of quaternary nitrogens is 1. The van der Waals surface area contributed by atoms with Crippen molar-refractivity contribution in [2.45, 2.75) is 121 Å². The number of aliphatic carboxylic acids is 1. The molecule has 4 atom stereocenters. The van der Waals surface area contributed by atoms with Crippen LogP contribution in [0.25, 0.3) is 0 Å². The van der Waals surface area contributed by atoms with Crippen LogP contribution in [0.4, 0.5) is 0 Å². The zero-order chi connectivity index (χ0) is 31.5. The van der Waals surface area contributed by atoms with Gasteiger partial charge in [0.1, 0.15) is 23.5 Å². The van der Waals surface area contributed by atoms with Gasteiger partial charge in [0, 0.05) is 4.75 Å². The van der Waals surface area contributed by atoms with Crippen molar-refractivity contribution in [3.05, 3.63) is 29.8 Å². The first-order valence-corrected chi connectivity index (χ1v) is 16.7. The number of unbranched alkanes of at least 4 members (excludes halogenated alkanes) is 4. The number of carboxylic acid groups (broad SMARTS) is 1. The van der Waals surface area contributed by atoms with Gasteiger partial charge in [-0.1, -0.05) is 77.6 Å². The first kappa shape index (κ1) is 35.9. The van der Waals surface area contributed by atoms with Gasteiger partial charge in [-0.05, 0) is 45.1 Å². The monoisotopic (exact) mass is 606 g/mol. The molecule has 2 fully saturated rings. The van der Waals surface area contributed by atoms with E-state index in [1.807, 2.05) is 0 Å². The number of thioether (sulfide) groups is 1. The van der Waals surface area contributed by atoms with Gasteiger partial charge < -0.3 is 30.6 Å². The third-order valence-corrected chi connectivity index (χ3v) is 10.0. The number of nitrogens with one attached hydrogen (secondary N) is 1. The van der Waals surface area contributed by atoms with Crippen molar-refractivity contribution in [1.29, 1.82) is 0 Å². The molecule has 0 radical (unpaired) electrons. The molecule has 0 aliphatic carbocycles. The van der Waals surface area contributed by atoms with Crippen molar-refractivity contribution in [3.8, 4) is 5.75 Å². The first-order valence-electron chi connectivity index (χ1n) is 15.8. The van der Waals surface area contributed by atoms with E-state index in [4.69, 9.17) is 5.73 Å². The topological polar surface area (TPSA) is 136 Å². The van der Waals surface area contributed by atoms with Crippen LogP contribution in [0.1, 0.15) is 105 Å². The summed E-state index contributed by atoms with van der Waals surface area (Å²) in [6, 6.07) is 2.81. The second-order valence-electron chi connectivity index (χ2n) is 12.3. The molecule has 2 aliphatic heterocycles. The van der Waals surface area contributed by atoms with Gasteiger partial charge in [-0.3, -0.25) is 9.59 Å². The van der Waals surface area contributed by atoms with Gasteiger partial charge >= 0.3 is 5.97 Å². The molecule has 0 bridgehead atoms. The third-order valence-electron chi connectivity index (χ3n) is 8.44. The van der Waals surface area contributed by atoms with Crippen LogP contribution in [-0.4, -0.2) is 80.7 Å². The summed E-state index contributed by atoms with van der Waals surface area (Å²) in [6.07, 6.45) is 11.1. The van der Waals surface area contributed by atoms with Gasteiger partial charge in [0.2, 0.25) is 11.8 Å². The molecule has 0 spiro atoms. The predicted octanol–water partition coefficient (Wildman–Crippen LogP) is 4.40. The van der Waals surface area contributed by atoms with E-state index in [0.717, 1.165) is 0 Å². The maximum Gasteiger partial charge on any atom is 0.327 e. The van der Waals surface area contributed by atoms with Crippen LogP contribution in [0.2, 0.25) is 0 Å². The van der Waals surface area contributed by atoms with Crippen LogP contribution in [0.3, 0.4) is 0 Å². The number of carboxylic acids is 1. The molecule has 10 heteroatoms. The molecule has 1 unspecified atom stereocenters. The fourth-order valence-corrected chi connectivity index (χ4v) is 7.49. The minimum absolute atomic E-state index is 0.189. The number of carbonyl (C=O) groups is 3. The molecule has 9 nitrogen and oxygen atoms in total. The van der Waals surface area contributed by atoms with Crippen molar-refractivity contribution in [1.82, 2.24) is 10.2 Å². The van der Waals surface area contributed by atoms with Gasteiger partial charge in [0.25, 0.3) is 0 Å². The van der Waals surface area contributed by atoms with Crippen molar-refractivity contribution < 1.29 is 29.1 Å². The lowest BCUT2D eigenvalue weighted by molar-refractivity contribution is -0.929. The summed E-state index contributed by atoms with van der Waals surface area (Å²) in [4.78, 5) is 37.4. The largest absolute Gasteiger partial charge is 0.872 e. The number of hydrogen-bond acceptors (Lipinski definition) is 6. The maximum absolute atomic E-state index is 12.3. The Labute approximate surface area is 257 Å². The van der Waals surface area contributed by atoms with Gasteiger partial charge in [-0.2, -0.15) is 0 Å². The maximum atomic E-state index is 12.3. The van der Waals surface area contributed by atoms with E-state index in [1.54, 1.807) is 13.8 Å². The minimum atomic E-state index is -1.06. The van der Waals surface area contributed by atoms with Crippen LogP contribution in [0, 0.1) is 0 Å². The molecule has 2 amide bonds. The van der Waals surface area contributed by atoms with Crippen LogP contribution in [0.15, 0.2) is 24.3 Å². The summed E-state index contributed by atoms with van der Waals surface area (Å²) in [7, 11) is 0. The molecule has 4 N–H and O–H groups in total. The SMILES string of the molecule is CC1(C)S[C@@H]2[C@H](NC(=O)C(N)c3ccc([O-])cc3)C(=O)N2[C@H]1C(=O)O.CCCC[N+](CCCC)(CCCC)CCCC. The Morgan fingerprint density at radius 2 is 1.43 bits per heavy atom. The quantitative estimate of drug-likeness (QED) is 0.188. The zero-order valence-electron chi connectivity index (χ0n) is 26.6. The van der Waals surface area contributed by atoms with Crippen LogP contribution in [-0.2, 0) is 14.4 Å². The molecule has 1 aromatic rings. The van der Waals surface area contributed by atoms with Gasteiger partial charge in [-0.25, -0.2) is 4.79 Å². The van der Waals surface area contributed by atoms with Crippen molar-refractivity contribution in [2.75, 3.05) is 26.2 Å². The Bertz CT molecular complexity index is 981. The lowest BCUT2D eigenvalue weighted by Gasteiger charge is -2.43. The Kier molecular flexibility index (Phi) is 14.1. The van der Waals surface area contributed by atoms with E-state index in [2.05, 4.69) is 33.0 Å². The van der Waals surface area contributed by atoms with E-state index in [1.165, 1.54) is 123 Å². The summed E-state index contributed by atoms with van der Waals surface area (Å²) in [5.41, 5.74) is 6.35. The molecular weight excluding hydrogens is 552 g/mol.